The van der Waals surface area contributed by atoms with Gasteiger partial charge in [0.15, 0.2) is 0 Å². The summed E-state index contributed by atoms with van der Waals surface area (Å²) < 4.78 is 0. The molecule has 3 nitrogen and oxygen atoms in total. The molecule has 0 radical (unpaired) electrons. The second-order valence-electron chi connectivity index (χ2n) is 4.83. The monoisotopic (exact) mass is 200 g/mol. The third-order valence-corrected chi connectivity index (χ3v) is 3.41. The summed E-state index contributed by atoms with van der Waals surface area (Å²) in [6.07, 6.45) is 2.46. The zero-order valence-corrected chi connectivity index (χ0v) is 9.61. The van der Waals surface area contributed by atoms with Crippen molar-refractivity contribution >= 4 is 0 Å². The lowest BCUT2D eigenvalue weighted by Crippen LogP contribution is -2.54. The van der Waals surface area contributed by atoms with Gasteiger partial charge in [0.05, 0.1) is 6.61 Å². The highest BCUT2D eigenvalue weighted by Crippen LogP contribution is 2.24. The Balaban J connectivity index is 2.57. The Morgan fingerprint density at radius 2 is 2.14 bits per heavy atom. The SMILES string of the molecule is CC1CCN(C(CO)C(C)N)C(C)C1. The van der Waals surface area contributed by atoms with Gasteiger partial charge in [-0.15, -0.1) is 0 Å². The first-order valence-electron chi connectivity index (χ1n) is 5.68. The fourth-order valence-electron chi connectivity index (χ4n) is 2.49. The molecule has 14 heavy (non-hydrogen) atoms. The molecule has 0 saturated carbocycles. The molecule has 0 spiro atoms. The van der Waals surface area contributed by atoms with Gasteiger partial charge in [0.1, 0.15) is 0 Å². The van der Waals surface area contributed by atoms with E-state index in [1.807, 2.05) is 6.92 Å². The molecule has 0 aromatic rings. The van der Waals surface area contributed by atoms with E-state index in [4.69, 9.17) is 5.73 Å². The molecule has 3 heteroatoms. The predicted molar refractivity (Wildman–Crippen MR) is 59.1 cm³/mol. The molecule has 84 valence electrons. The summed E-state index contributed by atoms with van der Waals surface area (Å²) in [7, 11) is 0. The number of hydrogen-bond donors (Lipinski definition) is 2. The fraction of sp³-hybridized carbons (Fsp3) is 1.00. The van der Waals surface area contributed by atoms with E-state index in [9.17, 15) is 5.11 Å². The summed E-state index contributed by atoms with van der Waals surface area (Å²) in [4.78, 5) is 2.37. The maximum atomic E-state index is 9.31. The summed E-state index contributed by atoms with van der Waals surface area (Å²) in [6, 6.07) is 0.746. The Kier molecular flexibility index (Phi) is 4.35. The highest BCUT2D eigenvalue weighted by Gasteiger charge is 2.30. The second-order valence-corrected chi connectivity index (χ2v) is 4.83. The fourth-order valence-corrected chi connectivity index (χ4v) is 2.49. The zero-order valence-electron chi connectivity index (χ0n) is 9.61. The minimum atomic E-state index is 0.0517. The van der Waals surface area contributed by atoms with Crippen molar-refractivity contribution < 1.29 is 5.11 Å². The van der Waals surface area contributed by atoms with Crippen LogP contribution < -0.4 is 5.73 Å². The van der Waals surface area contributed by atoms with Gasteiger partial charge in [-0.05, 0) is 39.2 Å². The normalized spacial score (nSPS) is 34.1. The molecule has 1 aliphatic rings. The molecule has 0 aromatic heterocycles. The summed E-state index contributed by atoms with van der Waals surface area (Å²) in [5.74, 6) is 0.814. The number of rotatable bonds is 3. The van der Waals surface area contributed by atoms with Crippen LogP contribution in [0, 0.1) is 5.92 Å². The Morgan fingerprint density at radius 1 is 1.50 bits per heavy atom. The minimum Gasteiger partial charge on any atom is -0.395 e. The average molecular weight is 200 g/mol. The molecule has 0 amide bonds. The van der Waals surface area contributed by atoms with Crippen LogP contribution in [-0.4, -0.2) is 41.3 Å². The third-order valence-electron chi connectivity index (χ3n) is 3.41. The van der Waals surface area contributed by atoms with E-state index in [0.29, 0.717) is 6.04 Å². The molecule has 1 heterocycles. The summed E-state index contributed by atoms with van der Waals surface area (Å²) in [6.45, 7) is 7.77. The Hall–Kier alpha value is -0.120. The number of piperidine rings is 1. The van der Waals surface area contributed by atoms with Gasteiger partial charge in [-0.25, -0.2) is 0 Å². The van der Waals surface area contributed by atoms with Crippen molar-refractivity contribution in [2.75, 3.05) is 13.2 Å². The molecule has 1 aliphatic heterocycles. The van der Waals surface area contributed by atoms with Gasteiger partial charge in [-0.1, -0.05) is 6.92 Å². The topological polar surface area (TPSA) is 49.5 Å². The van der Waals surface area contributed by atoms with Crippen LogP contribution in [0.2, 0.25) is 0 Å². The van der Waals surface area contributed by atoms with Crippen molar-refractivity contribution in [3.05, 3.63) is 0 Å². The Bertz CT molecular complexity index is 173. The van der Waals surface area contributed by atoms with E-state index in [1.165, 1.54) is 12.8 Å². The maximum Gasteiger partial charge on any atom is 0.0601 e. The maximum absolute atomic E-state index is 9.31. The average Bonchev–Trinajstić information content (AvgIpc) is 2.09. The number of nitrogens with two attached hydrogens (primary N) is 1. The van der Waals surface area contributed by atoms with E-state index in [1.54, 1.807) is 0 Å². The molecule has 3 N–H and O–H groups in total. The van der Waals surface area contributed by atoms with Crippen molar-refractivity contribution in [2.24, 2.45) is 11.7 Å². The summed E-state index contributed by atoms with van der Waals surface area (Å²) in [5.41, 5.74) is 5.87. The van der Waals surface area contributed by atoms with E-state index >= 15 is 0 Å². The zero-order chi connectivity index (χ0) is 10.7. The standard InChI is InChI=1S/C11H24N2O/c1-8-4-5-13(9(2)6-8)11(7-14)10(3)12/h8-11,14H,4-7,12H2,1-3H3. The van der Waals surface area contributed by atoms with E-state index in [2.05, 4.69) is 18.7 Å². The van der Waals surface area contributed by atoms with Crippen LogP contribution >= 0.6 is 0 Å². The first-order chi connectivity index (χ1) is 6.56. The second kappa shape index (κ2) is 5.10. The van der Waals surface area contributed by atoms with Crippen molar-refractivity contribution in [2.45, 2.75) is 51.7 Å². The summed E-state index contributed by atoms with van der Waals surface area (Å²) >= 11 is 0. The van der Waals surface area contributed by atoms with Crippen molar-refractivity contribution in [1.29, 1.82) is 0 Å². The van der Waals surface area contributed by atoms with Gasteiger partial charge in [-0.3, -0.25) is 4.90 Å². The van der Waals surface area contributed by atoms with Crippen molar-refractivity contribution in [1.82, 2.24) is 4.90 Å². The van der Waals surface area contributed by atoms with E-state index in [0.717, 1.165) is 12.5 Å². The minimum absolute atomic E-state index is 0.0517. The highest BCUT2D eigenvalue weighted by molar-refractivity contribution is 4.86. The van der Waals surface area contributed by atoms with Gasteiger partial charge in [0, 0.05) is 18.1 Å². The molecule has 4 unspecified atom stereocenters. The molecule has 1 fully saturated rings. The van der Waals surface area contributed by atoms with Crippen LogP contribution in [0.25, 0.3) is 0 Å². The van der Waals surface area contributed by atoms with Gasteiger partial charge in [0.25, 0.3) is 0 Å². The Morgan fingerprint density at radius 3 is 2.57 bits per heavy atom. The van der Waals surface area contributed by atoms with E-state index in [-0.39, 0.29) is 18.7 Å². The van der Waals surface area contributed by atoms with Gasteiger partial charge >= 0.3 is 0 Å². The lowest BCUT2D eigenvalue weighted by Gasteiger charge is -2.42. The quantitative estimate of drug-likeness (QED) is 0.709. The van der Waals surface area contributed by atoms with Crippen LogP contribution in [0.5, 0.6) is 0 Å². The lowest BCUT2D eigenvalue weighted by atomic mass is 9.91. The van der Waals surface area contributed by atoms with Crippen LogP contribution in [-0.2, 0) is 0 Å². The molecular weight excluding hydrogens is 176 g/mol. The van der Waals surface area contributed by atoms with Crippen LogP contribution in [0.1, 0.15) is 33.6 Å². The summed E-state index contributed by atoms with van der Waals surface area (Å²) in [5, 5.41) is 9.31. The first kappa shape index (κ1) is 12.0. The predicted octanol–water partition coefficient (Wildman–Crippen LogP) is 0.815. The number of likely N-dealkylation sites (tertiary alicyclic amines) is 1. The molecule has 1 rings (SSSR count). The largest absolute Gasteiger partial charge is 0.395 e. The van der Waals surface area contributed by atoms with Crippen LogP contribution in [0.3, 0.4) is 0 Å². The van der Waals surface area contributed by atoms with Gasteiger partial charge in [0.2, 0.25) is 0 Å². The van der Waals surface area contributed by atoms with Crippen molar-refractivity contribution in [3.8, 4) is 0 Å². The molecule has 0 bridgehead atoms. The molecule has 4 atom stereocenters. The number of aliphatic hydroxyl groups is 1. The Labute approximate surface area is 87.3 Å². The van der Waals surface area contributed by atoms with E-state index < -0.39 is 0 Å². The molecule has 0 aliphatic carbocycles. The number of aliphatic hydroxyl groups excluding tert-OH is 1. The number of nitrogens with zero attached hydrogens (tertiary/aromatic N) is 1. The van der Waals surface area contributed by atoms with Gasteiger partial charge in [-0.2, -0.15) is 0 Å². The van der Waals surface area contributed by atoms with Crippen LogP contribution in [0.15, 0.2) is 0 Å². The first-order valence-corrected chi connectivity index (χ1v) is 5.68. The van der Waals surface area contributed by atoms with Gasteiger partial charge < -0.3 is 10.8 Å². The lowest BCUT2D eigenvalue weighted by molar-refractivity contribution is 0.0390. The smallest absolute Gasteiger partial charge is 0.0601 e. The molecular formula is C11H24N2O. The van der Waals surface area contributed by atoms with Crippen molar-refractivity contribution in [3.63, 3.8) is 0 Å². The molecule has 0 aromatic carbocycles. The molecule has 1 saturated heterocycles. The highest BCUT2D eigenvalue weighted by atomic mass is 16.3. The number of hydrogen-bond acceptors (Lipinski definition) is 3. The van der Waals surface area contributed by atoms with Crippen LogP contribution in [0.4, 0.5) is 0 Å². The third kappa shape index (κ3) is 2.69.